The van der Waals surface area contributed by atoms with Crippen LogP contribution >= 0.6 is 23.2 Å². The van der Waals surface area contributed by atoms with E-state index >= 15 is 0 Å². The number of amides is 2. The molecule has 1 unspecified atom stereocenters. The van der Waals surface area contributed by atoms with Gasteiger partial charge in [-0.15, -0.1) is 0 Å². The molecule has 0 radical (unpaired) electrons. The van der Waals surface area contributed by atoms with Crippen molar-refractivity contribution in [3.8, 4) is 5.75 Å². The monoisotopic (exact) mass is 709 g/mol. The third-order valence-electron chi connectivity index (χ3n) is 7.43. The topological polar surface area (TPSA) is 96.0 Å². The highest BCUT2D eigenvalue weighted by Gasteiger charge is 2.35. The minimum Gasteiger partial charge on any atom is -0.494 e. The van der Waals surface area contributed by atoms with E-state index in [2.05, 4.69) is 5.32 Å². The first-order chi connectivity index (χ1) is 22.7. The van der Waals surface area contributed by atoms with Gasteiger partial charge in [-0.2, -0.15) is 0 Å². The SMILES string of the molecule is CCOc1ccc(S(=O)(=O)N(CC(=O)N(Cc2ccc(Cl)c(Cl)c2)C(Cc2ccccc2)C(=O)NC(C)(C)C)c2ccc(C)cc2)cc1. The third-order valence-corrected chi connectivity index (χ3v) is 9.96. The fourth-order valence-electron chi connectivity index (χ4n) is 5.08. The molecule has 0 heterocycles. The molecule has 11 heteroatoms. The van der Waals surface area contributed by atoms with Crippen molar-refractivity contribution >= 4 is 50.7 Å². The molecule has 1 N–H and O–H groups in total. The summed E-state index contributed by atoms with van der Waals surface area (Å²) < 4.78 is 35.1. The normalized spacial score (nSPS) is 12.2. The molecule has 0 aliphatic heterocycles. The van der Waals surface area contributed by atoms with E-state index in [9.17, 15) is 18.0 Å². The molecule has 2 amide bonds. The number of carbonyl (C=O) groups excluding carboxylic acids is 2. The highest BCUT2D eigenvalue weighted by Crippen LogP contribution is 2.28. The number of rotatable bonds is 13. The predicted octanol–water partition coefficient (Wildman–Crippen LogP) is 7.45. The molecule has 8 nitrogen and oxygen atoms in total. The van der Waals surface area contributed by atoms with Crippen LogP contribution < -0.4 is 14.4 Å². The molecule has 4 aromatic carbocycles. The molecule has 4 rings (SSSR count). The summed E-state index contributed by atoms with van der Waals surface area (Å²) in [5, 5.41) is 3.66. The minimum atomic E-state index is -4.25. The molecule has 4 aromatic rings. The molecule has 254 valence electrons. The second kappa shape index (κ2) is 15.9. The Kier molecular flexibility index (Phi) is 12.2. The molecular formula is C37H41Cl2N3O5S. The number of sulfonamides is 1. The summed E-state index contributed by atoms with van der Waals surface area (Å²) >= 11 is 12.6. The predicted molar refractivity (Wildman–Crippen MR) is 192 cm³/mol. The van der Waals surface area contributed by atoms with Gasteiger partial charge in [0.15, 0.2) is 0 Å². The number of anilines is 1. The smallest absolute Gasteiger partial charge is 0.264 e. The van der Waals surface area contributed by atoms with Gasteiger partial charge in [-0.05, 0) is 94.3 Å². The van der Waals surface area contributed by atoms with Crippen molar-refractivity contribution in [3.05, 3.63) is 124 Å². The second-order valence-electron chi connectivity index (χ2n) is 12.5. The van der Waals surface area contributed by atoms with Gasteiger partial charge in [0.2, 0.25) is 11.8 Å². The average Bonchev–Trinajstić information content (AvgIpc) is 3.03. The Hall–Kier alpha value is -4.05. The molecule has 48 heavy (non-hydrogen) atoms. The molecule has 0 aliphatic carbocycles. The first-order valence-electron chi connectivity index (χ1n) is 15.6. The standard InChI is InChI=1S/C37H41Cl2N3O5S/c1-6-47-30-17-19-31(20-18-30)48(45,46)42(29-15-12-26(2)13-16-29)25-35(43)41(24-28-14-21-32(38)33(39)22-28)34(36(44)40-37(3,4)5)23-27-10-8-7-9-11-27/h7-22,34H,6,23-25H2,1-5H3,(H,40,44). The molecule has 0 fully saturated rings. The zero-order valence-corrected chi connectivity index (χ0v) is 30.1. The first-order valence-corrected chi connectivity index (χ1v) is 17.8. The zero-order chi connectivity index (χ0) is 35.1. The van der Waals surface area contributed by atoms with Crippen molar-refractivity contribution in [2.45, 2.75) is 64.1 Å². The van der Waals surface area contributed by atoms with Crippen molar-refractivity contribution in [2.24, 2.45) is 0 Å². The van der Waals surface area contributed by atoms with E-state index in [1.165, 1.54) is 17.0 Å². The van der Waals surface area contributed by atoms with Gasteiger partial charge in [0.25, 0.3) is 10.0 Å². The second-order valence-corrected chi connectivity index (χ2v) is 15.1. The quantitative estimate of drug-likeness (QED) is 0.156. The number of halogens is 2. The number of carbonyl (C=O) groups is 2. The summed E-state index contributed by atoms with van der Waals surface area (Å²) in [7, 11) is -4.25. The van der Waals surface area contributed by atoms with Crippen LogP contribution in [0.25, 0.3) is 0 Å². The number of hydrogen-bond acceptors (Lipinski definition) is 5. The van der Waals surface area contributed by atoms with E-state index in [1.54, 1.807) is 54.6 Å². The Morgan fingerprint density at radius 1 is 0.854 bits per heavy atom. The highest BCUT2D eigenvalue weighted by atomic mass is 35.5. The molecule has 0 saturated carbocycles. The number of ether oxygens (including phenoxy) is 1. The number of benzene rings is 4. The molecule has 0 aliphatic rings. The largest absolute Gasteiger partial charge is 0.494 e. The van der Waals surface area contributed by atoms with Gasteiger partial charge < -0.3 is 15.0 Å². The Balaban J connectivity index is 1.82. The summed E-state index contributed by atoms with van der Waals surface area (Å²) in [4.78, 5) is 30.1. The fourth-order valence-corrected chi connectivity index (χ4v) is 6.82. The average molecular weight is 711 g/mol. The lowest BCUT2D eigenvalue weighted by atomic mass is 10.0. The van der Waals surface area contributed by atoms with Crippen molar-refractivity contribution < 1.29 is 22.7 Å². The van der Waals surface area contributed by atoms with Crippen LogP contribution in [-0.2, 0) is 32.6 Å². The van der Waals surface area contributed by atoms with Gasteiger partial charge >= 0.3 is 0 Å². The van der Waals surface area contributed by atoms with Gasteiger partial charge in [0, 0.05) is 18.5 Å². The fraction of sp³-hybridized carbons (Fsp3) is 0.297. The van der Waals surface area contributed by atoms with Gasteiger partial charge in [0.05, 0.1) is 27.2 Å². The first kappa shape index (κ1) is 36.8. The van der Waals surface area contributed by atoms with Gasteiger partial charge in [-0.3, -0.25) is 13.9 Å². The molecule has 0 bridgehead atoms. The van der Waals surface area contributed by atoms with Crippen molar-refractivity contribution in [1.29, 1.82) is 0 Å². The van der Waals surface area contributed by atoms with Crippen LogP contribution in [0.15, 0.2) is 102 Å². The maximum Gasteiger partial charge on any atom is 0.264 e. The van der Waals surface area contributed by atoms with Crippen LogP contribution in [0.1, 0.15) is 44.4 Å². The maximum absolute atomic E-state index is 14.6. The lowest BCUT2D eigenvalue weighted by Crippen LogP contribution is -2.56. The van der Waals surface area contributed by atoms with Crippen LogP contribution in [0.5, 0.6) is 5.75 Å². The maximum atomic E-state index is 14.6. The number of nitrogens with zero attached hydrogens (tertiary/aromatic N) is 2. The summed E-state index contributed by atoms with van der Waals surface area (Å²) in [6.07, 6.45) is 0.186. The third kappa shape index (κ3) is 9.75. The Labute approximate surface area is 293 Å². The van der Waals surface area contributed by atoms with Crippen LogP contribution in [0, 0.1) is 6.92 Å². The van der Waals surface area contributed by atoms with Gasteiger partial charge in [-0.25, -0.2) is 8.42 Å². The zero-order valence-electron chi connectivity index (χ0n) is 27.7. The highest BCUT2D eigenvalue weighted by molar-refractivity contribution is 7.92. The van der Waals surface area contributed by atoms with Crippen LogP contribution in [0.3, 0.4) is 0 Å². The van der Waals surface area contributed by atoms with E-state index in [1.807, 2.05) is 65.0 Å². The lowest BCUT2D eigenvalue weighted by molar-refractivity contribution is -0.140. The van der Waals surface area contributed by atoms with E-state index in [0.717, 1.165) is 15.4 Å². The molecule has 0 spiro atoms. The Morgan fingerprint density at radius 3 is 2.08 bits per heavy atom. The van der Waals surface area contributed by atoms with Crippen LogP contribution in [0.2, 0.25) is 10.0 Å². The lowest BCUT2D eigenvalue weighted by Gasteiger charge is -2.35. The summed E-state index contributed by atoms with van der Waals surface area (Å²) in [5.41, 5.74) is 2.07. The molecule has 0 saturated heterocycles. The summed E-state index contributed by atoms with van der Waals surface area (Å²) in [6.45, 7) is 9.13. The number of aryl methyl sites for hydroxylation is 1. The van der Waals surface area contributed by atoms with E-state index < -0.39 is 34.1 Å². The summed E-state index contributed by atoms with van der Waals surface area (Å²) in [6, 6.07) is 26.3. The minimum absolute atomic E-state index is 0.0123. The number of nitrogens with one attached hydrogen (secondary N) is 1. The van der Waals surface area contributed by atoms with Crippen molar-refractivity contribution in [1.82, 2.24) is 10.2 Å². The Bertz CT molecular complexity index is 1810. The van der Waals surface area contributed by atoms with E-state index in [-0.39, 0.29) is 23.8 Å². The van der Waals surface area contributed by atoms with Gasteiger partial charge in [-0.1, -0.05) is 77.3 Å². The van der Waals surface area contributed by atoms with E-state index in [0.29, 0.717) is 33.7 Å². The number of hydrogen-bond donors (Lipinski definition) is 1. The Morgan fingerprint density at radius 2 is 1.50 bits per heavy atom. The van der Waals surface area contributed by atoms with Crippen LogP contribution in [-0.4, -0.2) is 49.9 Å². The summed E-state index contributed by atoms with van der Waals surface area (Å²) in [5.74, 6) is -0.437. The van der Waals surface area contributed by atoms with Crippen LogP contribution in [0.4, 0.5) is 5.69 Å². The molecular weight excluding hydrogens is 669 g/mol. The molecule has 0 aromatic heterocycles. The van der Waals surface area contributed by atoms with Crippen molar-refractivity contribution in [3.63, 3.8) is 0 Å². The molecule has 1 atom stereocenters. The van der Waals surface area contributed by atoms with Gasteiger partial charge in [0.1, 0.15) is 18.3 Å². The van der Waals surface area contributed by atoms with Crippen molar-refractivity contribution in [2.75, 3.05) is 17.5 Å². The van der Waals surface area contributed by atoms with E-state index in [4.69, 9.17) is 27.9 Å².